The Morgan fingerprint density at radius 2 is 0.776 bits per heavy atom. The lowest BCUT2D eigenvalue weighted by Crippen LogP contribution is -2.34. The number of carbonyl (C=O) groups excluding carboxylic acids is 1. The zero-order chi connectivity index (χ0) is 50.9. The van der Waals surface area contributed by atoms with Crippen LogP contribution in [0.2, 0.25) is 0 Å². The minimum atomic E-state index is -0.617. The molecule has 2 atom stereocenters. The monoisotopic (exact) mass is 995 g/mol. The second-order valence-electron chi connectivity index (χ2n) is 21.7. The van der Waals surface area contributed by atoms with Crippen LogP contribution in [0, 0.1) is 0 Å². The molecule has 0 radical (unpaired) electrons. The van der Waals surface area contributed by atoms with E-state index < -0.39 is 11.8 Å². The number of rotatable bonds is 12. The fourth-order valence-electron chi connectivity index (χ4n) is 13.9. The maximum atomic E-state index is 17.4. The van der Waals surface area contributed by atoms with Gasteiger partial charge in [0.05, 0.1) is 11.8 Å². The molecule has 8 heterocycles. The Balaban J connectivity index is 0.952. The predicted molar refractivity (Wildman–Crippen MR) is 309 cm³/mol. The van der Waals surface area contributed by atoms with Crippen LogP contribution < -0.4 is 0 Å². The normalized spacial score (nSPS) is 16.2. The SMILES string of the molecule is Cn1cc(C(C(=O)C(c2cn(C)c3ccccc23)c2cccc3c2c2ccccc2n3C2CCN(Cc3ccncc3)CC2)c2cccc3c2c2ccccc2n3C2CCN(Cc3ccncc3)CC2)c2ccccc21. The number of aromatic nitrogens is 6. The molecule has 2 unspecified atom stereocenters. The molecule has 2 aliphatic heterocycles. The summed E-state index contributed by atoms with van der Waals surface area (Å²) < 4.78 is 9.70. The second kappa shape index (κ2) is 19.2. The molecule has 6 aromatic heterocycles. The van der Waals surface area contributed by atoms with Crippen molar-refractivity contribution in [1.29, 1.82) is 0 Å². The average Bonchev–Trinajstić information content (AvgIpc) is 4.20. The van der Waals surface area contributed by atoms with E-state index in [2.05, 4.69) is 222 Å². The van der Waals surface area contributed by atoms with Crippen molar-refractivity contribution in [3.05, 3.63) is 228 Å². The Morgan fingerprint density at radius 1 is 0.421 bits per heavy atom. The zero-order valence-electron chi connectivity index (χ0n) is 43.3. The Kier molecular flexibility index (Phi) is 11.7. The van der Waals surface area contributed by atoms with Gasteiger partial charge >= 0.3 is 0 Å². The number of aryl methyl sites for hydroxylation is 2. The quantitative estimate of drug-likeness (QED) is 0.122. The molecule has 0 spiro atoms. The lowest BCUT2D eigenvalue weighted by molar-refractivity contribution is -0.120. The lowest BCUT2D eigenvalue weighted by Gasteiger charge is -2.33. The number of benzene rings is 6. The van der Waals surface area contributed by atoms with Crippen molar-refractivity contribution in [3.63, 3.8) is 0 Å². The predicted octanol–water partition coefficient (Wildman–Crippen LogP) is 13.9. The third-order valence-corrected chi connectivity index (χ3v) is 17.4. The highest BCUT2D eigenvalue weighted by atomic mass is 16.1. The van der Waals surface area contributed by atoms with E-state index in [9.17, 15) is 0 Å². The van der Waals surface area contributed by atoms with E-state index >= 15 is 4.79 Å². The number of Topliss-reactive ketones (excluding diaryl/α,β-unsaturated/α-hetero) is 1. The second-order valence-corrected chi connectivity index (χ2v) is 21.7. The van der Waals surface area contributed by atoms with Gasteiger partial charge in [0.2, 0.25) is 0 Å². The third kappa shape index (κ3) is 7.86. The van der Waals surface area contributed by atoms with E-state index in [4.69, 9.17) is 0 Å². The Labute approximate surface area is 443 Å². The molecule has 0 amide bonds. The summed E-state index contributed by atoms with van der Waals surface area (Å²) in [6.45, 7) is 5.91. The number of carbonyl (C=O) groups is 1. The van der Waals surface area contributed by atoms with Gasteiger partial charge in [-0.1, -0.05) is 97.1 Å². The summed E-state index contributed by atoms with van der Waals surface area (Å²) in [7, 11) is 4.25. The van der Waals surface area contributed by atoms with E-state index in [0.717, 1.165) is 109 Å². The number of likely N-dealkylation sites (tertiary alicyclic amines) is 2. The van der Waals surface area contributed by atoms with Crippen LogP contribution in [0.5, 0.6) is 0 Å². The molecular weight excluding hydrogens is 933 g/mol. The van der Waals surface area contributed by atoms with Gasteiger partial charge < -0.3 is 18.3 Å². The van der Waals surface area contributed by atoms with Crippen LogP contribution in [-0.2, 0) is 32.0 Å². The van der Waals surface area contributed by atoms with Gasteiger partial charge in [-0.3, -0.25) is 24.6 Å². The summed E-state index contributed by atoms with van der Waals surface area (Å²) in [6.07, 6.45) is 16.3. The fraction of sp³-hybridized carbons (Fsp3) is 0.239. The van der Waals surface area contributed by atoms with Crippen LogP contribution in [0.15, 0.2) is 195 Å². The first kappa shape index (κ1) is 46.4. The van der Waals surface area contributed by atoms with Gasteiger partial charge in [0, 0.05) is 168 Å². The molecule has 376 valence electrons. The Bertz CT molecular complexity index is 3840. The molecule has 0 bridgehead atoms. The molecule has 2 fully saturated rings. The number of hydrogen-bond donors (Lipinski definition) is 0. The molecule has 2 aliphatic rings. The molecule has 2 saturated heterocycles. The van der Waals surface area contributed by atoms with Crippen molar-refractivity contribution in [3.8, 4) is 0 Å². The number of fused-ring (bicyclic) bond motifs is 8. The van der Waals surface area contributed by atoms with E-state index in [1.54, 1.807) is 0 Å². The minimum absolute atomic E-state index is 0.176. The van der Waals surface area contributed by atoms with Crippen LogP contribution >= 0.6 is 0 Å². The molecule has 6 aromatic carbocycles. The highest BCUT2D eigenvalue weighted by Gasteiger charge is 2.39. The summed E-state index contributed by atoms with van der Waals surface area (Å²) in [5, 5.41) is 6.95. The molecule has 0 saturated carbocycles. The standard InChI is InChI=1S/C67H62N8O/c1-70-43-55(49-13-3-7-19-57(49)70)65(53-17-11-23-61-63(53)51-15-5-9-21-59(51)74(61)47-29-37-72(38-30-47)41-45-25-33-68-34-26-45)67(76)66(56-44-71(2)58-20-8-4-14-50(56)58)54-18-12-24-62-64(54)52-16-6-10-22-60(52)75(62)48-31-39-73(40-32-48)42-46-27-35-69-36-28-46/h3-28,33-36,43-44,47-48,65-66H,29-32,37-42H2,1-2H3. The summed E-state index contributed by atoms with van der Waals surface area (Å²) >= 11 is 0. The van der Waals surface area contributed by atoms with Gasteiger partial charge in [-0.25, -0.2) is 0 Å². The van der Waals surface area contributed by atoms with Crippen LogP contribution in [-0.4, -0.2) is 70.0 Å². The maximum Gasteiger partial charge on any atom is 0.156 e. The van der Waals surface area contributed by atoms with E-state index in [1.165, 1.54) is 54.7 Å². The van der Waals surface area contributed by atoms with Gasteiger partial charge in [-0.15, -0.1) is 0 Å². The molecule has 76 heavy (non-hydrogen) atoms. The Hall–Kier alpha value is -8.11. The van der Waals surface area contributed by atoms with Crippen molar-refractivity contribution in [2.45, 2.75) is 62.7 Å². The number of nitrogens with zero attached hydrogens (tertiary/aromatic N) is 8. The first-order valence-electron chi connectivity index (χ1n) is 27.3. The zero-order valence-corrected chi connectivity index (χ0v) is 43.3. The summed E-state index contributed by atoms with van der Waals surface area (Å²) in [5.41, 5.74) is 13.9. The van der Waals surface area contributed by atoms with Crippen molar-refractivity contribution in [1.82, 2.24) is 38.0 Å². The van der Waals surface area contributed by atoms with E-state index in [1.807, 2.05) is 24.8 Å². The first-order valence-corrected chi connectivity index (χ1v) is 27.3. The van der Waals surface area contributed by atoms with Crippen molar-refractivity contribution < 1.29 is 4.79 Å². The van der Waals surface area contributed by atoms with E-state index in [-0.39, 0.29) is 5.78 Å². The molecule has 9 nitrogen and oxygen atoms in total. The molecule has 12 aromatic rings. The van der Waals surface area contributed by atoms with Gasteiger partial charge in [-0.2, -0.15) is 0 Å². The van der Waals surface area contributed by atoms with Crippen LogP contribution in [0.1, 0.15) is 83.0 Å². The number of para-hydroxylation sites is 4. The molecular formula is C67H62N8O. The van der Waals surface area contributed by atoms with Gasteiger partial charge in [0.25, 0.3) is 0 Å². The summed E-state index contributed by atoms with van der Waals surface area (Å²) in [5.74, 6) is -1.06. The smallest absolute Gasteiger partial charge is 0.156 e. The summed E-state index contributed by atoms with van der Waals surface area (Å²) in [4.78, 5) is 31.1. The van der Waals surface area contributed by atoms with Crippen LogP contribution in [0.25, 0.3) is 65.4 Å². The Morgan fingerprint density at radius 3 is 1.18 bits per heavy atom. The third-order valence-electron chi connectivity index (χ3n) is 17.4. The fourth-order valence-corrected chi connectivity index (χ4v) is 13.9. The van der Waals surface area contributed by atoms with E-state index in [0.29, 0.717) is 12.1 Å². The maximum absolute atomic E-state index is 17.4. The minimum Gasteiger partial charge on any atom is -0.350 e. The number of pyridine rings is 2. The number of piperidine rings is 2. The lowest BCUT2D eigenvalue weighted by atomic mass is 9.75. The molecule has 0 aliphatic carbocycles. The number of ketones is 1. The topological polar surface area (TPSA) is 69.1 Å². The van der Waals surface area contributed by atoms with Crippen LogP contribution in [0.4, 0.5) is 0 Å². The van der Waals surface area contributed by atoms with Gasteiger partial charge in [0.1, 0.15) is 0 Å². The summed E-state index contributed by atoms with van der Waals surface area (Å²) in [6, 6.07) is 58.0. The molecule has 14 rings (SSSR count). The number of hydrogen-bond acceptors (Lipinski definition) is 5. The average molecular weight is 995 g/mol. The van der Waals surface area contributed by atoms with Gasteiger partial charge in [0.15, 0.2) is 5.78 Å². The highest BCUT2D eigenvalue weighted by Crippen LogP contribution is 2.49. The van der Waals surface area contributed by atoms with Gasteiger partial charge in [-0.05, 0) is 120 Å². The van der Waals surface area contributed by atoms with Crippen molar-refractivity contribution in [2.24, 2.45) is 14.1 Å². The van der Waals surface area contributed by atoms with Crippen molar-refractivity contribution >= 4 is 71.2 Å². The van der Waals surface area contributed by atoms with Crippen LogP contribution in [0.3, 0.4) is 0 Å². The van der Waals surface area contributed by atoms with Crippen molar-refractivity contribution in [2.75, 3.05) is 26.2 Å². The molecule has 0 N–H and O–H groups in total. The largest absolute Gasteiger partial charge is 0.350 e. The molecule has 9 heteroatoms. The first-order chi connectivity index (χ1) is 37.5. The highest BCUT2D eigenvalue weighted by molar-refractivity contribution is 6.16.